The van der Waals surface area contributed by atoms with Crippen molar-refractivity contribution in [1.82, 2.24) is 10.2 Å². The molecule has 0 spiro atoms. The third-order valence-electron chi connectivity index (χ3n) is 3.63. The molecule has 4 heteroatoms. The Morgan fingerprint density at radius 1 is 1.15 bits per heavy atom. The van der Waals surface area contributed by atoms with Crippen LogP contribution in [-0.2, 0) is 0 Å². The number of nitrogens with zero attached hydrogens (tertiary/aromatic N) is 1. The molecule has 0 atom stereocenters. The molecule has 1 N–H and O–H groups in total. The Morgan fingerprint density at radius 3 is 2.55 bits per heavy atom. The van der Waals surface area contributed by atoms with Gasteiger partial charge in [0, 0.05) is 31.7 Å². The smallest absolute Gasteiger partial charge is 0.264 e. The van der Waals surface area contributed by atoms with E-state index in [1.807, 2.05) is 16.3 Å². The summed E-state index contributed by atoms with van der Waals surface area (Å²) >= 11 is 1.54. The fraction of sp³-hybridized carbons (Fsp3) is 0.312. The van der Waals surface area contributed by atoms with Gasteiger partial charge in [0.15, 0.2) is 0 Å². The average Bonchev–Trinajstić information content (AvgIpc) is 2.97. The summed E-state index contributed by atoms with van der Waals surface area (Å²) in [6.45, 7) is 5.44. The van der Waals surface area contributed by atoms with E-state index >= 15 is 0 Å². The van der Waals surface area contributed by atoms with E-state index in [9.17, 15) is 4.79 Å². The van der Waals surface area contributed by atoms with Gasteiger partial charge in [-0.1, -0.05) is 29.8 Å². The molecule has 1 amide bonds. The van der Waals surface area contributed by atoms with E-state index in [2.05, 4.69) is 36.5 Å². The molecule has 0 bridgehead atoms. The van der Waals surface area contributed by atoms with E-state index in [-0.39, 0.29) is 5.91 Å². The zero-order valence-electron chi connectivity index (χ0n) is 11.6. The minimum atomic E-state index is 0.164. The summed E-state index contributed by atoms with van der Waals surface area (Å²) < 4.78 is 0. The van der Waals surface area contributed by atoms with Crippen LogP contribution in [0.3, 0.4) is 0 Å². The third-order valence-corrected chi connectivity index (χ3v) is 4.53. The maximum Gasteiger partial charge on any atom is 0.264 e. The predicted octanol–water partition coefficient (Wildman–Crippen LogP) is 2.77. The zero-order chi connectivity index (χ0) is 13.9. The molecule has 104 valence electrons. The molecule has 1 aromatic carbocycles. The molecule has 1 saturated heterocycles. The molecular formula is C16H18N2OS. The number of thiophene rings is 1. The number of piperazine rings is 1. The van der Waals surface area contributed by atoms with Crippen molar-refractivity contribution in [3.8, 4) is 11.1 Å². The SMILES string of the molecule is Cc1ccc(-c2ccsc2C(=O)N2CCNCC2)cc1. The van der Waals surface area contributed by atoms with Gasteiger partial charge in [-0.15, -0.1) is 11.3 Å². The molecule has 0 saturated carbocycles. The quantitative estimate of drug-likeness (QED) is 0.920. The number of aryl methyl sites for hydroxylation is 1. The van der Waals surface area contributed by atoms with Crippen LogP contribution < -0.4 is 5.32 Å². The van der Waals surface area contributed by atoms with E-state index < -0.39 is 0 Å². The minimum absolute atomic E-state index is 0.164. The van der Waals surface area contributed by atoms with Crippen LogP contribution in [0.4, 0.5) is 0 Å². The lowest BCUT2D eigenvalue weighted by atomic mass is 10.0. The second kappa shape index (κ2) is 5.77. The largest absolute Gasteiger partial charge is 0.335 e. The molecule has 0 aliphatic carbocycles. The molecule has 1 aromatic heterocycles. The van der Waals surface area contributed by atoms with Crippen LogP contribution in [0.1, 0.15) is 15.2 Å². The number of hydrogen-bond donors (Lipinski definition) is 1. The van der Waals surface area contributed by atoms with Crippen molar-refractivity contribution in [2.75, 3.05) is 26.2 Å². The monoisotopic (exact) mass is 286 g/mol. The van der Waals surface area contributed by atoms with Crippen molar-refractivity contribution in [2.45, 2.75) is 6.92 Å². The van der Waals surface area contributed by atoms with Crippen LogP contribution in [0.2, 0.25) is 0 Å². The molecule has 3 nitrogen and oxygen atoms in total. The number of hydrogen-bond acceptors (Lipinski definition) is 3. The summed E-state index contributed by atoms with van der Waals surface area (Å²) in [6, 6.07) is 10.4. The second-order valence-electron chi connectivity index (χ2n) is 5.07. The van der Waals surface area contributed by atoms with E-state index in [1.165, 1.54) is 16.9 Å². The predicted molar refractivity (Wildman–Crippen MR) is 83.3 cm³/mol. The van der Waals surface area contributed by atoms with Crippen LogP contribution in [-0.4, -0.2) is 37.0 Å². The van der Waals surface area contributed by atoms with Gasteiger partial charge in [0.1, 0.15) is 0 Å². The van der Waals surface area contributed by atoms with Crippen LogP contribution >= 0.6 is 11.3 Å². The van der Waals surface area contributed by atoms with Gasteiger partial charge in [-0.3, -0.25) is 4.79 Å². The highest BCUT2D eigenvalue weighted by molar-refractivity contribution is 7.12. The van der Waals surface area contributed by atoms with Crippen molar-refractivity contribution < 1.29 is 4.79 Å². The topological polar surface area (TPSA) is 32.3 Å². The summed E-state index contributed by atoms with van der Waals surface area (Å²) in [5, 5.41) is 5.28. The normalized spacial score (nSPS) is 15.3. The van der Waals surface area contributed by atoms with Gasteiger partial charge < -0.3 is 10.2 Å². The number of carbonyl (C=O) groups is 1. The number of amides is 1. The standard InChI is InChI=1S/C16H18N2OS/c1-12-2-4-13(5-3-12)14-6-11-20-15(14)16(19)18-9-7-17-8-10-18/h2-6,11,17H,7-10H2,1H3. The first kappa shape index (κ1) is 13.3. The van der Waals surface area contributed by atoms with Gasteiger partial charge in [-0.25, -0.2) is 0 Å². The number of nitrogens with one attached hydrogen (secondary N) is 1. The molecule has 20 heavy (non-hydrogen) atoms. The van der Waals surface area contributed by atoms with Gasteiger partial charge in [0.2, 0.25) is 0 Å². The molecule has 2 heterocycles. The lowest BCUT2D eigenvalue weighted by Crippen LogP contribution is -2.46. The van der Waals surface area contributed by atoms with Crippen molar-refractivity contribution in [3.05, 3.63) is 46.2 Å². The summed E-state index contributed by atoms with van der Waals surface area (Å²) in [7, 11) is 0. The van der Waals surface area contributed by atoms with E-state index in [0.717, 1.165) is 42.2 Å². The molecule has 0 radical (unpaired) electrons. The van der Waals surface area contributed by atoms with Crippen LogP contribution in [0, 0.1) is 6.92 Å². The first-order valence-corrected chi connectivity index (χ1v) is 7.78. The van der Waals surface area contributed by atoms with Gasteiger partial charge in [0.25, 0.3) is 5.91 Å². The summed E-state index contributed by atoms with van der Waals surface area (Å²) in [5.74, 6) is 0.164. The fourth-order valence-corrected chi connectivity index (χ4v) is 3.33. The lowest BCUT2D eigenvalue weighted by Gasteiger charge is -2.27. The van der Waals surface area contributed by atoms with Crippen molar-refractivity contribution in [1.29, 1.82) is 0 Å². The van der Waals surface area contributed by atoms with E-state index in [4.69, 9.17) is 0 Å². The molecule has 0 unspecified atom stereocenters. The summed E-state index contributed by atoms with van der Waals surface area (Å²) in [5.41, 5.74) is 3.41. The highest BCUT2D eigenvalue weighted by Crippen LogP contribution is 2.29. The maximum absolute atomic E-state index is 12.6. The second-order valence-corrected chi connectivity index (χ2v) is 5.99. The number of carbonyl (C=O) groups excluding carboxylic acids is 1. The Kier molecular flexibility index (Phi) is 3.85. The van der Waals surface area contributed by atoms with Crippen molar-refractivity contribution in [2.24, 2.45) is 0 Å². The Labute approximate surface area is 123 Å². The molecular weight excluding hydrogens is 268 g/mol. The van der Waals surface area contributed by atoms with Gasteiger partial charge in [-0.2, -0.15) is 0 Å². The van der Waals surface area contributed by atoms with Crippen LogP contribution in [0.15, 0.2) is 35.7 Å². The third kappa shape index (κ3) is 2.62. The van der Waals surface area contributed by atoms with Gasteiger partial charge >= 0.3 is 0 Å². The number of benzene rings is 1. The first-order chi connectivity index (χ1) is 9.75. The Balaban J connectivity index is 1.89. The van der Waals surface area contributed by atoms with E-state index in [1.54, 1.807) is 0 Å². The lowest BCUT2D eigenvalue weighted by molar-refractivity contribution is 0.0741. The molecule has 1 fully saturated rings. The zero-order valence-corrected chi connectivity index (χ0v) is 12.4. The Morgan fingerprint density at radius 2 is 1.85 bits per heavy atom. The average molecular weight is 286 g/mol. The van der Waals surface area contributed by atoms with Crippen LogP contribution in [0.25, 0.3) is 11.1 Å². The van der Waals surface area contributed by atoms with Gasteiger partial charge in [0.05, 0.1) is 4.88 Å². The highest BCUT2D eigenvalue weighted by Gasteiger charge is 2.22. The van der Waals surface area contributed by atoms with Crippen molar-refractivity contribution >= 4 is 17.2 Å². The molecule has 1 aliphatic rings. The molecule has 2 aromatic rings. The summed E-state index contributed by atoms with van der Waals surface area (Å²) in [6.07, 6.45) is 0. The fourth-order valence-electron chi connectivity index (χ4n) is 2.45. The minimum Gasteiger partial charge on any atom is -0.335 e. The van der Waals surface area contributed by atoms with E-state index in [0.29, 0.717) is 0 Å². The molecule has 1 aliphatic heterocycles. The Bertz CT molecular complexity index is 597. The summed E-state index contributed by atoms with van der Waals surface area (Å²) in [4.78, 5) is 15.4. The van der Waals surface area contributed by atoms with Crippen molar-refractivity contribution in [3.63, 3.8) is 0 Å². The Hall–Kier alpha value is -1.65. The first-order valence-electron chi connectivity index (χ1n) is 6.90. The number of rotatable bonds is 2. The van der Waals surface area contributed by atoms with Gasteiger partial charge in [-0.05, 0) is 23.9 Å². The van der Waals surface area contributed by atoms with Crippen LogP contribution in [0.5, 0.6) is 0 Å². The highest BCUT2D eigenvalue weighted by atomic mass is 32.1. The molecule has 3 rings (SSSR count). The maximum atomic E-state index is 12.6.